The first-order chi connectivity index (χ1) is 12.4. The number of carbonyl (C=O) groups is 3. The van der Waals surface area contributed by atoms with E-state index in [1.807, 2.05) is 0 Å². The second-order valence-corrected chi connectivity index (χ2v) is 6.59. The van der Waals surface area contributed by atoms with Crippen LogP contribution in [0.2, 0.25) is 0 Å². The van der Waals surface area contributed by atoms with Gasteiger partial charge in [-0.3, -0.25) is 9.59 Å². The van der Waals surface area contributed by atoms with E-state index in [4.69, 9.17) is 4.74 Å². The molecule has 0 spiro atoms. The molecule has 0 aliphatic rings. The van der Waals surface area contributed by atoms with E-state index in [-0.39, 0.29) is 5.78 Å². The van der Waals surface area contributed by atoms with Crippen LogP contribution in [-0.4, -0.2) is 28.7 Å². The Hall–Kier alpha value is -3.06. The minimum absolute atomic E-state index is 0.0527. The lowest BCUT2D eigenvalue weighted by Crippen LogP contribution is -2.30. The summed E-state index contributed by atoms with van der Waals surface area (Å²) in [6.07, 6.45) is -0.966. The summed E-state index contributed by atoms with van der Waals surface area (Å²) in [5.41, 5.74) is 3.96. The smallest absolute Gasteiger partial charge is 0.338 e. The second kappa shape index (κ2) is 7.45. The van der Waals surface area contributed by atoms with Gasteiger partial charge in [0.25, 0.3) is 5.91 Å². The van der Waals surface area contributed by atoms with Crippen molar-refractivity contribution in [2.45, 2.75) is 20.0 Å². The van der Waals surface area contributed by atoms with Gasteiger partial charge in [0.05, 0.1) is 21.3 Å². The molecule has 26 heavy (non-hydrogen) atoms. The standard InChI is InChI=1S/C19H16N2O4S/c1-11(22)13-3-6-15(7-4-13)21-18(23)12(2)25-19(24)14-5-8-16-17(9-14)26-10-20-16/h3-10,12H,1-2H3,(H,21,23). The Kier molecular flexibility index (Phi) is 5.09. The molecule has 1 atom stereocenters. The molecule has 3 aromatic rings. The number of aromatic nitrogens is 1. The number of ether oxygens (including phenoxy) is 1. The summed E-state index contributed by atoms with van der Waals surface area (Å²) in [7, 11) is 0. The van der Waals surface area contributed by atoms with Crippen LogP contribution in [0.25, 0.3) is 10.2 Å². The third-order valence-corrected chi connectivity index (χ3v) is 4.57. The molecule has 0 saturated carbocycles. The molecule has 1 aromatic heterocycles. The molecule has 0 aliphatic heterocycles. The Labute approximate surface area is 153 Å². The molecule has 7 heteroatoms. The maximum Gasteiger partial charge on any atom is 0.338 e. The van der Waals surface area contributed by atoms with Crippen molar-refractivity contribution in [3.63, 3.8) is 0 Å². The number of fused-ring (bicyclic) bond motifs is 1. The Morgan fingerprint density at radius 3 is 2.46 bits per heavy atom. The average Bonchev–Trinajstić information content (AvgIpc) is 3.09. The Morgan fingerprint density at radius 1 is 1.08 bits per heavy atom. The first-order valence-electron chi connectivity index (χ1n) is 7.90. The number of amides is 1. The predicted molar refractivity (Wildman–Crippen MR) is 99.6 cm³/mol. The quantitative estimate of drug-likeness (QED) is 0.548. The number of ketones is 1. The molecule has 132 valence electrons. The summed E-state index contributed by atoms with van der Waals surface area (Å²) in [6.45, 7) is 2.97. The van der Waals surface area contributed by atoms with Gasteiger partial charge in [0.2, 0.25) is 0 Å². The molecule has 0 saturated heterocycles. The molecule has 1 heterocycles. The van der Waals surface area contributed by atoms with E-state index in [1.54, 1.807) is 48.0 Å². The topological polar surface area (TPSA) is 85.4 Å². The Bertz CT molecular complexity index is 979. The van der Waals surface area contributed by atoms with Gasteiger partial charge in [0, 0.05) is 11.3 Å². The highest BCUT2D eigenvalue weighted by molar-refractivity contribution is 7.16. The number of nitrogens with one attached hydrogen (secondary N) is 1. The molecule has 2 aromatic carbocycles. The third kappa shape index (κ3) is 3.94. The van der Waals surface area contributed by atoms with Crippen LogP contribution in [0.5, 0.6) is 0 Å². The van der Waals surface area contributed by atoms with Gasteiger partial charge in [-0.05, 0) is 56.3 Å². The summed E-state index contributed by atoms with van der Waals surface area (Å²) in [5, 5.41) is 2.65. The van der Waals surface area contributed by atoms with Crippen molar-refractivity contribution in [1.82, 2.24) is 4.98 Å². The summed E-state index contributed by atoms with van der Waals surface area (Å²) in [4.78, 5) is 39.9. The van der Waals surface area contributed by atoms with Crippen LogP contribution >= 0.6 is 11.3 Å². The number of Topliss-reactive ketones (excluding diaryl/α,β-unsaturated/α-hetero) is 1. The number of benzene rings is 2. The van der Waals surface area contributed by atoms with Crippen molar-refractivity contribution < 1.29 is 19.1 Å². The molecule has 6 nitrogen and oxygen atoms in total. The zero-order valence-corrected chi connectivity index (χ0v) is 15.0. The molecule has 0 aliphatic carbocycles. The molecule has 1 amide bonds. The lowest BCUT2D eigenvalue weighted by molar-refractivity contribution is -0.123. The van der Waals surface area contributed by atoms with Gasteiger partial charge < -0.3 is 10.1 Å². The number of rotatable bonds is 5. The first-order valence-corrected chi connectivity index (χ1v) is 8.78. The van der Waals surface area contributed by atoms with E-state index in [1.165, 1.54) is 25.2 Å². The lowest BCUT2D eigenvalue weighted by Gasteiger charge is -2.13. The number of hydrogen-bond acceptors (Lipinski definition) is 6. The van der Waals surface area contributed by atoms with Crippen molar-refractivity contribution >= 4 is 44.9 Å². The number of carbonyl (C=O) groups excluding carboxylic acids is 3. The van der Waals surface area contributed by atoms with E-state index < -0.39 is 18.0 Å². The van der Waals surface area contributed by atoms with Crippen molar-refractivity contribution in [3.8, 4) is 0 Å². The summed E-state index contributed by atoms with van der Waals surface area (Å²) in [6, 6.07) is 11.6. The number of nitrogens with zero attached hydrogens (tertiary/aromatic N) is 1. The second-order valence-electron chi connectivity index (χ2n) is 5.71. The van der Waals surface area contributed by atoms with Gasteiger partial charge >= 0.3 is 5.97 Å². The molecule has 0 bridgehead atoms. The normalized spacial score (nSPS) is 11.8. The molecule has 1 N–H and O–H groups in total. The molecule has 0 fully saturated rings. The van der Waals surface area contributed by atoms with E-state index in [0.717, 1.165) is 10.2 Å². The SMILES string of the molecule is CC(=O)c1ccc(NC(=O)C(C)OC(=O)c2ccc3ncsc3c2)cc1. The minimum atomic E-state index is -0.966. The van der Waals surface area contributed by atoms with Crippen LogP contribution in [0.15, 0.2) is 48.0 Å². The van der Waals surface area contributed by atoms with Gasteiger partial charge in [-0.25, -0.2) is 9.78 Å². The third-order valence-electron chi connectivity index (χ3n) is 3.78. The summed E-state index contributed by atoms with van der Waals surface area (Å²) < 4.78 is 6.11. The zero-order chi connectivity index (χ0) is 18.7. The molecular formula is C19H16N2O4S. The van der Waals surface area contributed by atoms with Gasteiger partial charge in [-0.2, -0.15) is 0 Å². The highest BCUT2D eigenvalue weighted by Crippen LogP contribution is 2.20. The number of hydrogen-bond donors (Lipinski definition) is 1. The van der Waals surface area contributed by atoms with Crippen LogP contribution in [0.1, 0.15) is 34.6 Å². The summed E-state index contributed by atoms with van der Waals surface area (Å²) in [5.74, 6) is -1.08. The van der Waals surface area contributed by atoms with Crippen molar-refractivity contribution in [3.05, 3.63) is 59.1 Å². The fourth-order valence-electron chi connectivity index (χ4n) is 2.30. The van der Waals surface area contributed by atoms with Gasteiger partial charge in [-0.15, -0.1) is 11.3 Å². The van der Waals surface area contributed by atoms with Crippen molar-refractivity contribution in [2.75, 3.05) is 5.32 Å². The monoisotopic (exact) mass is 368 g/mol. The average molecular weight is 368 g/mol. The van der Waals surface area contributed by atoms with Crippen LogP contribution in [-0.2, 0) is 9.53 Å². The molecule has 1 unspecified atom stereocenters. The van der Waals surface area contributed by atoms with Crippen molar-refractivity contribution in [2.24, 2.45) is 0 Å². The van der Waals surface area contributed by atoms with E-state index in [9.17, 15) is 14.4 Å². The maximum absolute atomic E-state index is 12.2. The largest absolute Gasteiger partial charge is 0.449 e. The van der Waals surface area contributed by atoms with Crippen LogP contribution in [0.4, 0.5) is 5.69 Å². The van der Waals surface area contributed by atoms with Gasteiger partial charge in [0.1, 0.15) is 0 Å². The number of anilines is 1. The summed E-state index contributed by atoms with van der Waals surface area (Å²) >= 11 is 1.43. The van der Waals surface area contributed by atoms with Crippen LogP contribution < -0.4 is 5.32 Å². The fourth-order valence-corrected chi connectivity index (χ4v) is 3.01. The Balaban J connectivity index is 1.62. The van der Waals surface area contributed by atoms with Crippen LogP contribution in [0, 0.1) is 0 Å². The van der Waals surface area contributed by atoms with E-state index in [0.29, 0.717) is 16.8 Å². The van der Waals surface area contributed by atoms with Crippen molar-refractivity contribution in [1.29, 1.82) is 0 Å². The molecule has 3 rings (SSSR count). The van der Waals surface area contributed by atoms with E-state index >= 15 is 0 Å². The van der Waals surface area contributed by atoms with Gasteiger partial charge in [0.15, 0.2) is 11.9 Å². The lowest BCUT2D eigenvalue weighted by atomic mass is 10.1. The highest BCUT2D eigenvalue weighted by Gasteiger charge is 2.19. The van der Waals surface area contributed by atoms with Gasteiger partial charge in [-0.1, -0.05) is 0 Å². The Morgan fingerprint density at radius 2 is 1.77 bits per heavy atom. The predicted octanol–water partition coefficient (Wildman–Crippen LogP) is 3.68. The zero-order valence-electron chi connectivity index (χ0n) is 14.2. The highest BCUT2D eigenvalue weighted by atomic mass is 32.1. The number of esters is 1. The maximum atomic E-state index is 12.2. The van der Waals surface area contributed by atoms with Crippen LogP contribution in [0.3, 0.4) is 0 Å². The first kappa shape index (κ1) is 17.8. The van der Waals surface area contributed by atoms with E-state index in [2.05, 4.69) is 10.3 Å². The number of thiazole rings is 1. The molecular weight excluding hydrogens is 352 g/mol. The molecule has 0 radical (unpaired) electrons. The fraction of sp³-hybridized carbons (Fsp3) is 0.158. The minimum Gasteiger partial charge on any atom is -0.449 e.